The third-order valence-corrected chi connectivity index (χ3v) is 4.28. The number of likely N-dealkylation sites (tertiary alicyclic amines) is 1. The second-order valence-corrected chi connectivity index (χ2v) is 6.31. The maximum Gasteiger partial charge on any atom is 0.241 e. The van der Waals surface area contributed by atoms with Gasteiger partial charge in [0.05, 0.1) is 6.54 Å². The highest BCUT2D eigenvalue weighted by atomic mass is 35.5. The van der Waals surface area contributed by atoms with Crippen LogP contribution in [0.4, 0.5) is 5.69 Å². The van der Waals surface area contributed by atoms with Crippen LogP contribution in [0, 0.1) is 5.92 Å². The Morgan fingerprint density at radius 3 is 2.50 bits per heavy atom. The minimum atomic E-state index is 0. The summed E-state index contributed by atoms with van der Waals surface area (Å²) in [4.78, 5) is 16.9. The Labute approximate surface area is 140 Å². The van der Waals surface area contributed by atoms with Gasteiger partial charge in [-0.2, -0.15) is 0 Å². The van der Waals surface area contributed by atoms with Gasteiger partial charge >= 0.3 is 0 Å². The lowest BCUT2D eigenvalue weighted by Crippen LogP contribution is -2.45. The zero-order valence-electron chi connectivity index (χ0n) is 13.7. The molecule has 2 unspecified atom stereocenters. The first-order valence-corrected chi connectivity index (χ1v) is 7.84. The highest BCUT2D eigenvalue weighted by molar-refractivity contribution is 5.95. The van der Waals surface area contributed by atoms with Gasteiger partial charge in [-0.05, 0) is 51.8 Å². The molecule has 1 saturated heterocycles. The molecule has 0 aromatic heterocycles. The van der Waals surface area contributed by atoms with Crippen molar-refractivity contribution in [3.8, 4) is 0 Å². The van der Waals surface area contributed by atoms with Gasteiger partial charge in [0.25, 0.3) is 0 Å². The maximum atomic E-state index is 12.7. The molecule has 124 valence electrons. The summed E-state index contributed by atoms with van der Waals surface area (Å²) in [5.41, 5.74) is 6.74. The molecule has 1 aromatic rings. The zero-order valence-corrected chi connectivity index (χ0v) is 14.6. The predicted octanol–water partition coefficient (Wildman–Crippen LogP) is 2.52. The van der Waals surface area contributed by atoms with Gasteiger partial charge in [0.2, 0.25) is 5.91 Å². The Balaban J connectivity index is 0.00000242. The van der Waals surface area contributed by atoms with Crippen LogP contribution in [-0.4, -0.2) is 42.5 Å². The largest absolute Gasteiger partial charge is 0.330 e. The normalized spacial score (nSPS) is 21.7. The summed E-state index contributed by atoms with van der Waals surface area (Å²) < 4.78 is 0. The van der Waals surface area contributed by atoms with E-state index in [-0.39, 0.29) is 24.4 Å². The second kappa shape index (κ2) is 8.51. The SMILES string of the molecule is CC1CC(CN)CN1CC(=O)N(c1ccccc1)C(C)C.Cl. The summed E-state index contributed by atoms with van der Waals surface area (Å²) in [5, 5.41) is 0. The van der Waals surface area contributed by atoms with Gasteiger partial charge in [-0.1, -0.05) is 18.2 Å². The van der Waals surface area contributed by atoms with Crippen molar-refractivity contribution in [3.05, 3.63) is 30.3 Å². The number of benzene rings is 1. The van der Waals surface area contributed by atoms with E-state index >= 15 is 0 Å². The molecule has 2 atom stereocenters. The molecule has 0 spiro atoms. The fourth-order valence-corrected chi connectivity index (χ4v) is 3.18. The number of amides is 1. The molecule has 0 aliphatic carbocycles. The molecule has 1 aliphatic heterocycles. The molecular weight excluding hydrogens is 298 g/mol. The number of hydrogen-bond acceptors (Lipinski definition) is 3. The molecule has 0 saturated carbocycles. The summed E-state index contributed by atoms with van der Waals surface area (Å²) >= 11 is 0. The predicted molar refractivity (Wildman–Crippen MR) is 94.5 cm³/mol. The Morgan fingerprint density at radius 1 is 1.36 bits per heavy atom. The minimum Gasteiger partial charge on any atom is -0.330 e. The van der Waals surface area contributed by atoms with E-state index in [0.29, 0.717) is 25.0 Å². The number of anilines is 1. The van der Waals surface area contributed by atoms with Crippen molar-refractivity contribution in [3.63, 3.8) is 0 Å². The summed E-state index contributed by atoms with van der Waals surface area (Å²) in [6.45, 7) is 8.42. The lowest BCUT2D eigenvalue weighted by atomic mass is 10.1. The number of para-hydroxylation sites is 1. The van der Waals surface area contributed by atoms with E-state index in [0.717, 1.165) is 18.7 Å². The van der Waals surface area contributed by atoms with Crippen molar-refractivity contribution < 1.29 is 4.79 Å². The molecule has 0 radical (unpaired) electrons. The van der Waals surface area contributed by atoms with Gasteiger partial charge in [0.1, 0.15) is 0 Å². The highest BCUT2D eigenvalue weighted by Gasteiger charge is 2.31. The first kappa shape index (κ1) is 18.9. The van der Waals surface area contributed by atoms with Crippen LogP contribution in [0.25, 0.3) is 0 Å². The monoisotopic (exact) mass is 325 g/mol. The van der Waals surface area contributed by atoms with Gasteiger partial charge in [0.15, 0.2) is 0 Å². The number of hydrogen-bond donors (Lipinski definition) is 1. The molecule has 22 heavy (non-hydrogen) atoms. The maximum absolute atomic E-state index is 12.7. The van der Waals surface area contributed by atoms with Crippen molar-refractivity contribution in [1.82, 2.24) is 4.90 Å². The summed E-state index contributed by atoms with van der Waals surface area (Å²) in [6.07, 6.45) is 1.09. The van der Waals surface area contributed by atoms with Gasteiger partial charge < -0.3 is 10.6 Å². The average Bonchev–Trinajstić information content (AvgIpc) is 2.80. The van der Waals surface area contributed by atoms with Crippen molar-refractivity contribution in [2.24, 2.45) is 11.7 Å². The number of nitrogens with two attached hydrogens (primary N) is 1. The van der Waals surface area contributed by atoms with Crippen molar-refractivity contribution in [2.75, 3.05) is 24.5 Å². The van der Waals surface area contributed by atoms with Crippen LogP contribution in [0.1, 0.15) is 27.2 Å². The van der Waals surface area contributed by atoms with E-state index in [2.05, 4.69) is 25.7 Å². The van der Waals surface area contributed by atoms with Crippen LogP contribution in [0.3, 0.4) is 0 Å². The molecule has 1 amide bonds. The van der Waals surface area contributed by atoms with Gasteiger partial charge in [-0.15, -0.1) is 12.4 Å². The van der Waals surface area contributed by atoms with Crippen molar-refractivity contribution in [2.45, 2.75) is 39.3 Å². The first-order valence-electron chi connectivity index (χ1n) is 7.84. The molecule has 5 heteroatoms. The molecule has 1 aliphatic rings. The van der Waals surface area contributed by atoms with Crippen LogP contribution < -0.4 is 10.6 Å². The number of rotatable bonds is 5. The van der Waals surface area contributed by atoms with Gasteiger partial charge in [0, 0.05) is 24.3 Å². The van der Waals surface area contributed by atoms with Crippen molar-refractivity contribution in [1.29, 1.82) is 0 Å². The lowest BCUT2D eigenvalue weighted by molar-refractivity contribution is -0.120. The Kier molecular flexibility index (Phi) is 7.33. The van der Waals surface area contributed by atoms with Gasteiger partial charge in [-0.25, -0.2) is 0 Å². The number of nitrogens with zero attached hydrogens (tertiary/aromatic N) is 2. The van der Waals surface area contributed by atoms with Crippen LogP contribution in [0.5, 0.6) is 0 Å². The molecule has 1 heterocycles. The van der Waals surface area contributed by atoms with E-state index in [9.17, 15) is 4.79 Å². The quantitative estimate of drug-likeness (QED) is 0.905. The summed E-state index contributed by atoms with van der Waals surface area (Å²) in [6, 6.07) is 10.5. The van der Waals surface area contributed by atoms with E-state index in [1.54, 1.807) is 0 Å². The van der Waals surface area contributed by atoms with E-state index < -0.39 is 0 Å². The Morgan fingerprint density at radius 2 is 2.00 bits per heavy atom. The van der Waals surface area contributed by atoms with E-state index in [1.807, 2.05) is 35.2 Å². The lowest BCUT2D eigenvalue weighted by Gasteiger charge is -2.30. The zero-order chi connectivity index (χ0) is 15.4. The van der Waals surface area contributed by atoms with Crippen LogP contribution in [-0.2, 0) is 4.79 Å². The molecule has 0 bridgehead atoms. The van der Waals surface area contributed by atoms with Crippen LogP contribution >= 0.6 is 12.4 Å². The smallest absolute Gasteiger partial charge is 0.241 e. The molecule has 1 aromatic carbocycles. The topological polar surface area (TPSA) is 49.6 Å². The fraction of sp³-hybridized carbons (Fsp3) is 0.588. The summed E-state index contributed by atoms with van der Waals surface area (Å²) in [7, 11) is 0. The third-order valence-electron chi connectivity index (χ3n) is 4.28. The molecule has 1 fully saturated rings. The van der Waals surface area contributed by atoms with Gasteiger partial charge in [-0.3, -0.25) is 9.69 Å². The molecule has 2 N–H and O–H groups in total. The van der Waals surface area contributed by atoms with E-state index in [1.165, 1.54) is 0 Å². The molecule has 2 rings (SSSR count). The van der Waals surface area contributed by atoms with Crippen LogP contribution in [0.2, 0.25) is 0 Å². The standard InChI is InChI=1S/C17H27N3O.ClH/c1-13(2)20(16-7-5-4-6-8-16)17(21)12-19-11-15(10-18)9-14(19)3;/h4-8,13-15H,9-12,18H2,1-3H3;1H. The average molecular weight is 326 g/mol. The highest BCUT2D eigenvalue weighted by Crippen LogP contribution is 2.23. The minimum absolute atomic E-state index is 0. The first-order chi connectivity index (χ1) is 10.0. The van der Waals surface area contributed by atoms with Crippen LogP contribution in [0.15, 0.2) is 30.3 Å². The number of halogens is 1. The Bertz CT molecular complexity index is 466. The summed E-state index contributed by atoms with van der Waals surface area (Å²) in [5.74, 6) is 0.692. The van der Waals surface area contributed by atoms with E-state index in [4.69, 9.17) is 5.73 Å². The number of carbonyl (C=O) groups excluding carboxylic acids is 1. The Hall–Kier alpha value is -1.10. The van der Waals surface area contributed by atoms with Crippen molar-refractivity contribution >= 4 is 24.0 Å². The molecular formula is C17H28ClN3O. The fourth-order valence-electron chi connectivity index (χ4n) is 3.18. The number of carbonyl (C=O) groups is 1. The molecule has 4 nitrogen and oxygen atoms in total. The second-order valence-electron chi connectivity index (χ2n) is 6.31. The third kappa shape index (κ3) is 4.45.